The van der Waals surface area contributed by atoms with Crippen LogP contribution in [0.3, 0.4) is 0 Å². The summed E-state index contributed by atoms with van der Waals surface area (Å²) in [7, 11) is 0.766. The Labute approximate surface area is 202 Å². The van der Waals surface area contributed by atoms with E-state index in [0.717, 1.165) is 13.0 Å². The Morgan fingerprint density at radius 3 is 2.15 bits per heavy atom. The van der Waals surface area contributed by atoms with Gasteiger partial charge in [-0.15, -0.1) is 0 Å². The second-order valence-electron chi connectivity index (χ2n) is 10.3. The maximum Gasteiger partial charge on any atom is 0.327 e. The molecule has 0 aromatic carbocycles. The maximum atomic E-state index is 12.4. The number of hydrogen-bond acceptors (Lipinski definition) is 5. The minimum Gasteiger partial charge on any atom is -0.468 e. The van der Waals surface area contributed by atoms with Crippen molar-refractivity contribution in [2.75, 3.05) is 20.8 Å². The van der Waals surface area contributed by atoms with Crippen molar-refractivity contribution in [2.24, 2.45) is 17.3 Å². The molecule has 0 bridgehead atoms. The molecule has 1 aliphatic rings. The van der Waals surface area contributed by atoms with Crippen molar-refractivity contribution >= 4 is 20.3 Å². The van der Waals surface area contributed by atoms with Gasteiger partial charge in [0.2, 0.25) is 0 Å². The average molecular weight is 477 g/mol. The number of carbonyl (C=O) groups excluding carboxylic acids is 2. The van der Waals surface area contributed by atoms with E-state index in [1.807, 2.05) is 18.2 Å². The first kappa shape index (κ1) is 29.1. The van der Waals surface area contributed by atoms with Gasteiger partial charge in [0.15, 0.2) is 13.7 Å². The van der Waals surface area contributed by atoms with E-state index >= 15 is 0 Å². The third-order valence-corrected chi connectivity index (χ3v) is 11.6. The SMILES string of the molecule is C=C/C=C/C(C/C=C/C=C/[C@@H]1CCCC[C@@H]1CO[Si](C)(C)C(C)(C)C)(C(=O)OC)C(=O)OC. The highest BCUT2D eigenvalue weighted by Crippen LogP contribution is 2.39. The summed E-state index contributed by atoms with van der Waals surface area (Å²) in [4.78, 5) is 24.9. The predicted molar refractivity (Wildman–Crippen MR) is 137 cm³/mol. The molecular formula is C27H44O5Si. The highest BCUT2D eigenvalue weighted by Gasteiger charge is 2.45. The minimum atomic E-state index is -1.76. The lowest BCUT2D eigenvalue weighted by atomic mass is 9.79. The Bertz CT molecular complexity index is 726. The molecule has 0 amide bonds. The molecule has 6 heteroatoms. The molecule has 5 nitrogen and oxygen atoms in total. The Hall–Kier alpha value is -1.92. The van der Waals surface area contributed by atoms with Gasteiger partial charge < -0.3 is 13.9 Å². The number of methoxy groups -OCH3 is 2. The zero-order valence-electron chi connectivity index (χ0n) is 21.7. The molecule has 2 atom stereocenters. The topological polar surface area (TPSA) is 61.8 Å². The molecule has 0 aliphatic heterocycles. The van der Waals surface area contributed by atoms with E-state index in [2.05, 4.69) is 46.5 Å². The summed E-state index contributed by atoms with van der Waals surface area (Å²) in [5.74, 6) is -0.315. The van der Waals surface area contributed by atoms with E-state index in [4.69, 9.17) is 13.9 Å². The zero-order valence-corrected chi connectivity index (χ0v) is 22.7. The van der Waals surface area contributed by atoms with Crippen molar-refractivity contribution in [1.29, 1.82) is 0 Å². The van der Waals surface area contributed by atoms with Crippen LogP contribution in [0.1, 0.15) is 52.9 Å². The zero-order chi connectivity index (χ0) is 25.1. The molecular weight excluding hydrogens is 432 g/mol. The largest absolute Gasteiger partial charge is 0.468 e. The fraction of sp³-hybridized carbons (Fsp3) is 0.630. The predicted octanol–water partition coefficient (Wildman–Crippen LogP) is 6.39. The molecule has 186 valence electrons. The van der Waals surface area contributed by atoms with Crippen LogP contribution in [0.2, 0.25) is 18.1 Å². The van der Waals surface area contributed by atoms with Crippen molar-refractivity contribution in [3.8, 4) is 0 Å². The summed E-state index contributed by atoms with van der Waals surface area (Å²) in [6.07, 6.45) is 17.5. The van der Waals surface area contributed by atoms with Crippen molar-refractivity contribution < 1.29 is 23.5 Å². The summed E-state index contributed by atoms with van der Waals surface area (Å²) < 4.78 is 16.3. The third-order valence-electron chi connectivity index (χ3n) is 7.09. The van der Waals surface area contributed by atoms with E-state index in [1.54, 1.807) is 6.08 Å². The number of carbonyl (C=O) groups is 2. The second kappa shape index (κ2) is 13.1. The van der Waals surface area contributed by atoms with Crippen molar-refractivity contribution in [3.63, 3.8) is 0 Å². The molecule has 0 spiro atoms. The Kier molecular flexibility index (Phi) is 11.5. The van der Waals surface area contributed by atoms with Crippen LogP contribution in [0.15, 0.2) is 49.1 Å². The number of esters is 2. The minimum absolute atomic E-state index is 0.142. The highest BCUT2D eigenvalue weighted by molar-refractivity contribution is 6.74. The molecule has 0 radical (unpaired) electrons. The Morgan fingerprint density at radius 1 is 1.00 bits per heavy atom. The van der Waals surface area contributed by atoms with Crippen LogP contribution >= 0.6 is 0 Å². The molecule has 0 N–H and O–H groups in total. The van der Waals surface area contributed by atoms with Crippen LogP contribution < -0.4 is 0 Å². The van der Waals surface area contributed by atoms with Crippen LogP contribution in [-0.4, -0.2) is 41.1 Å². The van der Waals surface area contributed by atoms with Crippen LogP contribution in [0, 0.1) is 17.3 Å². The molecule has 1 aliphatic carbocycles. The van der Waals surface area contributed by atoms with Crippen LogP contribution in [-0.2, 0) is 23.5 Å². The average Bonchev–Trinajstić information content (AvgIpc) is 2.78. The molecule has 1 rings (SSSR count). The summed E-state index contributed by atoms with van der Waals surface area (Å²) >= 11 is 0. The van der Waals surface area contributed by atoms with Gasteiger partial charge in [-0.05, 0) is 49.2 Å². The van der Waals surface area contributed by atoms with E-state index < -0.39 is 25.7 Å². The van der Waals surface area contributed by atoms with Gasteiger partial charge in [0.25, 0.3) is 0 Å². The first-order valence-electron chi connectivity index (χ1n) is 11.9. The van der Waals surface area contributed by atoms with Gasteiger partial charge >= 0.3 is 11.9 Å². The van der Waals surface area contributed by atoms with Gasteiger partial charge in [-0.2, -0.15) is 0 Å². The quantitative estimate of drug-likeness (QED) is 0.150. The maximum absolute atomic E-state index is 12.4. The van der Waals surface area contributed by atoms with Crippen molar-refractivity contribution in [3.05, 3.63) is 49.1 Å². The summed E-state index contributed by atoms with van der Waals surface area (Å²) in [5.41, 5.74) is -1.52. The smallest absolute Gasteiger partial charge is 0.327 e. The molecule has 0 unspecified atom stereocenters. The van der Waals surface area contributed by atoms with Crippen LogP contribution in [0.5, 0.6) is 0 Å². The molecule has 1 fully saturated rings. The lowest BCUT2D eigenvalue weighted by Gasteiger charge is -2.39. The molecule has 0 aromatic heterocycles. The van der Waals surface area contributed by atoms with E-state index in [1.165, 1.54) is 45.6 Å². The molecule has 33 heavy (non-hydrogen) atoms. The fourth-order valence-electron chi connectivity index (χ4n) is 3.82. The summed E-state index contributed by atoms with van der Waals surface area (Å²) in [6, 6.07) is 0. The first-order chi connectivity index (χ1) is 15.4. The normalized spacial score (nSPS) is 20.5. The van der Waals surface area contributed by atoms with Crippen molar-refractivity contribution in [1.82, 2.24) is 0 Å². The number of ether oxygens (including phenoxy) is 2. The molecule has 1 saturated carbocycles. The third kappa shape index (κ3) is 8.11. The summed E-state index contributed by atoms with van der Waals surface area (Å²) in [5, 5.41) is 0.210. The number of hydrogen-bond donors (Lipinski definition) is 0. The number of allylic oxidation sites excluding steroid dienone is 6. The van der Waals surface area contributed by atoms with E-state index in [0.29, 0.717) is 11.8 Å². The van der Waals surface area contributed by atoms with Crippen molar-refractivity contribution in [2.45, 2.75) is 71.0 Å². The fourth-order valence-corrected chi connectivity index (χ4v) is 4.88. The van der Waals surface area contributed by atoms with Gasteiger partial charge in [0.1, 0.15) is 0 Å². The molecule has 0 aromatic rings. The van der Waals surface area contributed by atoms with Gasteiger partial charge in [-0.3, -0.25) is 9.59 Å². The van der Waals surface area contributed by atoms with Gasteiger partial charge in [-0.1, -0.05) is 82.7 Å². The highest BCUT2D eigenvalue weighted by atomic mass is 28.4. The molecule has 0 heterocycles. The van der Waals surface area contributed by atoms with Gasteiger partial charge in [0.05, 0.1) is 14.2 Å². The van der Waals surface area contributed by atoms with Crippen LogP contribution in [0.25, 0.3) is 0 Å². The molecule has 0 saturated heterocycles. The van der Waals surface area contributed by atoms with Gasteiger partial charge in [0, 0.05) is 6.61 Å². The van der Waals surface area contributed by atoms with Gasteiger partial charge in [-0.25, -0.2) is 0 Å². The van der Waals surface area contributed by atoms with E-state index in [9.17, 15) is 9.59 Å². The monoisotopic (exact) mass is 476 g/mol. The Morgan fingerprint density at radius 2 is 1.61 bits per heavy atom. The second-order valence-corrected chi connectivity index (χ2v) is 15.2. The lowest BCUT2D eigenvalue weighted by Crippen LogP contribution is -2.42. The lowest BCUT2D eigenvalue weighted by molar-refractivity contribution is -0.164. The Balaban J connectivity index is 2.89. The standard InChI is InChI=1S/C27H44O5Si/c1-9-10-19-27(24(28)30-5,25(29)31-6)20-15-11-12-16-22-17-13-14-18-23(22)21-32-33(7,8)26(2,3)4/h9-12,15-16,19,22-23H,1,13-14,17-18,20-21H2,2-8H3/b15-11+,16-12+,19-10+/t22-,23-/m1/s1. The number of rotatable bonds is 11. The summed E-state index contributed by atoms with van der Waals surface area (Å²) in [6.45, 7) is 15.9. The first-order valence-corrected chi connectivity index (χ1v) is 14.8. The van der Waals surface area contributed by atoms with E-state index in [-0.39, 0.29) is 11.5 Å². The van der Waals surface area contributed by atoms with Crippen LogP contribution in [0.4, 0.5) is 0 Å².